The maximum atomic E-state index is 12.5. The van der Waals surface area contributed by atoms with Crippen molar-refractivity contribution in [2.24, 2.45) is 0 Å². The minimum Gasteiger partial charge on any atom is -0.491 e. The highest BCUT2D eigenvalue weighted by Crippen LogP contribution is 2.16. The lowest BCUT2D eigenvalue weighted by atomic mass is 10.3. The van der Waals surface area contributed by atoms with Gasteiger partial charge in [-0.15, -0.1) is 0 Å². The number of para-hydroxylation sites is 2. The van der Waals surface area contributed by atoms with E-state index in [1.165, 1.54) is 0 Å². The third-order valence-electron chi connectivity index (χ3n) is 3.89. The molecule has 2 aromatic carbocycles. The summed E-state index contributed by atoms with van der Waals surface area (Å²) >= 11 is 5.83. The largest absolute Gasteiger partial charge is 0.491 e. The van der Waals surface area contributed by atoms with Crippen LogP contribution in [0, 0.1) is 0 Å². The van der Waals surface area contributed by atoms with E-state index in [1.54, 1.807) is 33.4 Å². The molecule has 3 aromatic rings. The number of aliphatic hydroxyl groups excluding tert-OH is 1. The minimum absolute atomic E-state index is 0.0969. The first-order valence-corrected chi connectivity index (χ1v) is 8.22. The lowest BCUT2D eigenvalue weighted by Crippen LogP contribution is -2.31. The lowest BCUT2D eigenvalue weighted by molar-refractivity contribution is 0.0925. The molecule has 0 bridgehead atoms. The number of halogens is 1. The van der Waals surface area contributed by atoms with Gasteiger partial charge < -0.3 is 9.84 Å². The number of aryl methyl sites for hydroxylation is 1. The minimum atomic E-state index is -0.797. The van der Waals surface area contributed by atoms with Gasteiger partial charge in [-0.1, -0.05) is 23.7 Å². The van der Waals surface area contributed by atoms with Crippen molar-refractivity contribution in [2.75, 3.05) is 6.61 Å². The number of hydrogen-bond donors (Lipinski definition) is 1. The summed E-state index contributed by atoms with van der Waals surface area (Å²) in [5.74, 6) is 0.627. The van der Waals surface area contributed by atoms with E-state index in [4.69, 9.17) is 16.3 Å². The van der Waals surface area contributed by atoms with E-state index in [9.17, 15) is 9.90 Å². The molecule has 0 unspecified atom stereocenters. The van der Waals surface area contributed by atoms with Gasteiger partial charge in [0.25, 0.3) is 0 Å². The van der Waals surface area contributed by atoms with E-state index >= 15 is 0 Å². The normalized spacial score (nSPS) is 12.5. The zero-order valence-electron chi connectivity index (χ0n) is 13.4. The quantitative estimate of drug-likeness (QED) is 0.746. The standard InChI is InChI=1S/C18H19ClN2O3/c1-2-20-16-5-3-4-6-17(16)21(18(20)23)11-14(22)12-24-15-9-7-13(19)8-10-15/h3-10,14,22H,2,11-12H2,1H3/t14-/m0/s1. The van der Waals surface area contributed by atoms with Gasteiger partial charge in [-0.3, -0.25) is 9.13 Å². The third-order valence-corrected chi connectivity index (χ3v) is 4.14. The zero-order valence-corrected chi connectivity index (χ0v) is 14.1. The van der Waals surface area contributed by atoms with Crippen molar-refractivity contribution >= 4 is 22.6 Å². The summed E-state index contributed by atoms with van der Waals surface area (Å²) in [6, 6.07) is 14.5. The Bertz CT molecular complexity index is 883. The summed E-state index contributed by atoms with van der Waals surface area (Å²) in [4.78, 5) is 12.5. The Kier molecular flexibility index (Phi) is 4.92. The van der Waals surface area contributed by atoms with Gasteiger partial charge in [0, 0.05) is 11.6 Å². The predicted octanol–water partition coefficient (Wildman–Crippen LogP) is 2.92. The van der Waals surface area contributed by atoms with Crippen LogP contribution in [0.5, 0.6) is 5.75 Å². The highest BCUT2D eigenvalue weighted by atomic mass is 35.5. The summed E-state index contributed by atoms with van der Waals surface area (Å²) in [5, 5.41) is 10.9. The van der Waals surface area contributed by atoms with Crippen LogP contribution in [0.3, 0.4) is 0 Å². The molecular formula is C18H19ClN2O3. The molecule has 24 heavy (non-hydrogen) atoms. The van der Waals surface area contributed by atoms with Crippen molar-refractivity contribution in [2.45, 2.75) is 26.1 Å². The van der Waals surface area contributed by atoms with Crippen LogP contribution in [0.2, 0.25) is 5.02 Å². The number of benzene rings is 2. The Morgan fingerprint density at radius 1 is 1.08 bits per heavy atom. The fourth-order valence-electron chi connectivity index (χ4n) is 2.74. The van der Waals surface area contributed by atoms with Crippen LogP contribution in [-0.4, -0.2) is 27.0 Å². The summed E-state index contributed by atoms with van der Waals surface area (Å²) in [6.45, 7) is 2.79. The first kappa shape index (κ1) is 16.6. The summed E-state index contributed by atoms with van der Waals surface area (Å²) in [7, 11) is 0. The summed E-state index contributed by atoms with van der Waals surface area (Å²) in [6.07, 6.45) is -0.797. The molecule has 1 aromatic heterocycles. The van der Waals surface area contributed by atoms with Gasteiger partial charge in [-0.2, -0.15) is 0 Å². The first-order chi connectivity index (χ1) is 11.6. The Balaban J connectivity index is 1.76. The van der Waals surface area contributed by atoms with Crippen LogP contribution in [-0.2, 0) is 13.1 Å². The van der Waals surface area contributed by atoms with Crippen LogP contribution < -0.4 is 10.4 Å². The molecule has 0 aliphatic rings. The van der Waals surface area contributed by atoms with Crippen molar-refractivity contribution in [3.63, 3.8) is 0 Å². The molecular weight excluding hydrogens is 328 g/mol. The molecule has 0 spiro atoms. The second-order valence-electron chi connectivity index (χ2n) is 5.54. The monoisotopic (exact) mass is 346 g/mol. The molecule has 1 heterocycles. The average molecular weight is 347 g/mol. The molecule has 0 saturated heterocycles. The van der Waals surface area contributed by atoms with Gasteiger partial charge in [0.1, 0.15) is 18.5 Å². The van der Waals surface area contributed by atoms with Crippen LogP contribution in [0.25, 0.3) is 11.0 Å². The van der Waals surface area contributed by atoms with Crippen LogP contribution >= 0.6 is 11.6 Å². The number of imidazole rings is 1. The fraction of sp³-hybridized carbons (Fsp3) is 0.278. The molecule has 0 radical (unpaired) electrons. The van der Waals surface area contributed by atoms with Gasteiger partial charge in [-0.05, 0) is 43.3 Å². The van der Waals surface area contributed by atoms with Crippen LogP contribution in [0.4, 0.5) is 0 Å². The number of aromatic nitrogens is 2. The summed E-state index contributed by atoms with van der Waals surface area (Å²) in [5.41, 5.74) is 1.56. The number of nitrogens with zero attached hydrogens (tertiary/aromatic N) is 2. The molecule has 126 valence electrons. The maximum Gasteiger partial charge on any atom is 0.329 e. The smallest absolute Gasteiger partial charge is 0.329 e. The van der Waals surface area contributed by atoms with E-state index in [0.717, 1.165) is 11.0 Å². The van der Waals surface area contributed by atoms with E-state index < -0.39 is 6.10 Å². The molecule has 0 amide bonds. The van der Waals surface area contributed by atoms with Gasteiger partial charge in [0.05, 0.1) is 17.6 Å². The van der Waals surface area contributed by atoms with E-state index in [1.807, 2.05) is 31.2 Å². The predicted molar refractivity (Wildman–Crippen MR) is 94.8 cm³/mol. The Hall–Kier alpha value is -2.24. The average Bonchev–Trinajstić information content (AvgIpc) is 2.86. The molecule has 0 saturated carbocycles. The third kappa shape index (κ3) is 3.32. The highest BCUT2D eigenvalue weighted by molar-refractivity contribution is 6.30. The highest BCUT2D eigenvalue weighted by Gasteiger charge is 2.15. The molecule has 6 heteroatoms. The van der Waals surface area contributed by atoms with Crippen molar-refractivity contribution in [1.82, 2.24) is 9.13 Å². The van der Waals surface area contributed by atoms with E-state index in [-0.39, 0.29) is 18.8 Å². The molecule has 0 aliphatic heterocycles. The number of ether oxygens (including phenoxy) is 1. The molecule has 1 atom stereocenters. The van der Waals surface area contributed by atoms with Gasteiger partial charge in [-0.25, -0.2) is 4.79 Å². The number of fused-ring (bicyclic) bond motifs is 1. The van der Waals surface area contributed by atoms with Gasteiger partial charge >= 0.3 is 5.69 Å². The van der Waals surface area contributed by atoms with Crippen molar-refractivity contribution < 1.29 is 9.84 Å². The number of aliphatic hydroxyl groups is 1. The first-order valence-electron chi connectivity index (χ1n) is 7.84. The van der Waals surface area contributed by atoms with Crippen LogP contribution in [0.15, 0.2) is 53.3 Å². The molecule has 0 aliphatic carbocycles. The maximum absolute atomic E-state index is 12.5. The molecule has 1 N–H and O–H groups in total. The Labute approximate surface area is 144 Å². The van der Waals surface area contributed by atoms with Crippen molar-refractivity contribution in [3.8, 4) is 5.75 Å². The van der Waals surface area contributed by atoms with E-state index in [2.05, 4.69) is 0 Å². The van der Waals surface area contributed by atoms with Gasteiger partial charge in [0.15, 0.2) is 0 Å². The second-order valence-corrected chi connectivity index (χ2v) is 5.98. The molecule has 3 rings (SSSR count). The van der Waals surface area contributed by atoms with Crippen molar-refractivity contribution in [1.29, 1.82) is 0 Å². The Morgan fingerprint density at radius 2 is 1.71 bits per heavy atom. The van der Waals surface area contributed by atoms with Gasteiger partial charge in [0.2, 0.25) is 0 Å². The fourth-order valence-corrected chi connectivity index (χ4v) is 2.87. The SMILES string of the molecule is CCn1c(=O)n(C[C@H](O)COc2ccc(Cl)cc2)c2ccccc21. The van der Waals surface area contributed by atoms with E-state index in [0.29, 0.717) is 17.3 Å². The zero-order chi connectivity index (χ0) is 17.1. The lowest BCUT2D eigenvalue weighted by Gasteiger charge is -2.13. The number of hydrogen-bond acceptors (Lipinski definition) is 3. The topological polar surface area (TPSA) is 56.4 Å². The molecule has 5 nitrogen and oxygen atoms in total. The number of rotatable bonds is 6. The molecule has 0 fully saturated rings. The van der Waals surface area contributed by atoms with Crippen LogP contribution in [0.1, 0.15) is 6.92 Å². The van der Waals surface area contributed by atoms with Crippen molar-refractivity contribution in [3.05, 3.63) is 64.0 Å². The summed E-state index contributed by atoms with van der Waals surface area (Å²) < 4.78 is 8.84. The Morgan fingerprint density at radius 3 is 2.33 bits per heavy atom. The second kappa shape index (κ2) is 7.11.